The molecule has 6 heteroatoms. The molecule has 0 saturated carbocycles. The van der Waals surface area contributed by atoms with Gasteiger partial charge in [0.25, 0.3) is 0 Å². The van der Waals surface area contributed by atoms with Crippen LogP contribution in [-0.2, 0) is 10.0 Å². The van der Waals surface area contributed by atoms with Gasteiger partial charge in [-0.1, -0.05) is 0 Å². The molecule has 0 spiro atoms. The molecule has 16 heavy (non-hydrogen) atoms. The second-order valence-corrected chi connectivity index (χ2v) is 5.60. The molecule has 1 rings (SSSR count). The molecule has 0 unspecified atom stereocenters. The van der Waals surface area contributed by atoms with Crippen LogP contribution in [0, 0.1) is 12.7 Å². The predicted molar refractivity (Wildman–Crippen MR) is 61.0 cm³/mol. The van der Waals surface area contributed by atoms with Crippen LogP contribution in [0.5, 0.6) is 0 Å². The minimum absolute atomic E-state index is 0.255. The summed E-state index contributed by atoms with van der Waals surface area (Å²) in [6.45, 7) is 4.94. The van der Waals surface area contributed by atoms with Gasteiger partial charge in [-0.25, -0.2) is 17.5 Å². The van der Waals surface area contributed by atoms with E-state index in [1.54, 1.807) is 20.8 Å². The molecule has 0 aliphatic carbocycles. The van der Waals surface area contributed by atoms with Crippen LogP contribution in [-0.4, -0.2) is 14.5 Å². The molecular formula is C10H15FN2O2S. The molecule has 0 aromatic heterocycles. The van der Waals surface area contributed by atoms with Crippen LogP contribution in [0.15, 0.2) is 17.0 Å². The number of rotatable bonds is 3. The number of hydrogen-bond acceptors (Lipinski definition) is 3. The highest BCUT2D eigenvalue weighted by Crippen LogP contribution is 2.21. The average molecular weight is 246 g/mol. The maximum Gasteiger partial charge on any atom is 0.243 e. The summed E-state index contributed by atoms with van der Waals surface area (Å²) >= 11 is 0. The average Bonchev–Trinajstić information content (AvgIpc) is 2.08. The van der Waals surface area contributed by atoms with E-state index in [-0.39, 0.29) is 11.7 Å². The number of benzene rings is 1. The molecule has 1 aromatic rings. The van der Waals surface area contributed by atoms with Gasteiger partial charge < -0.3 is 5.73 Å². The van der Waals surface area contributed by atoms with Gasteiger partial charge in [-0.2, -0.15) is 0 Å². The monoisotopic (exact) mass is 246 g/mol. The van der Waals surface area contributed by atoms with Crippen LogP contribution >= 0.6 is 0 Å². The summed E-state index contributed by atoms with van der Waals surface area (Å²) in [5.41, 5.74) is 6.33. The van der Waals surface area contributed by atoms with Gasteiger partial charge in [0.2, 0.25) is 10.0 Å². The fourth-order valence-corrected chi connectivity index (χ4v) is 2.59. The van der Waals surface area contributed by atoms with Gasteiger partial charge in [-0.3, -0.25) is 0 Å². The third-order valence-electron chi connectivity index (χ3n) is 2.00. The van der Waals surface area contributed by atoms with E-state index in [2.05, 4.69) is 4.72 Å². The highest BCUT2D eigenvalue weighted by molar-refractivity contribution is 7.89. The zero-order valence-electron chi connectivity index (χ0n) is 9.41. The Morgan fingerprint density at radius 3 is 2.44 bits per heavy atom. The fourth-order valence-electron chi connectivity index (χ4n) is 1.25. The van der Waals surface area contributed by atoms with Crippen molar-refractivity contribution in [2.75, 3.05) is 5.73 Å². The van der Waals surface area contributed by atoms with Crippen molar-refractivity contribution in [1.29, 1.82) is 0 Å². The first kappa shape index (κ1) is 12.9. The summed E-state index contributed by atoms with van der Waals surface area (Å²) in [7, 11) is -3.83. The zero-order chi connectivity index (χ0) is 12.5. The van der Waals surface area contributed by atoms with Crippen molar-refractivity contribution in [2.45, 2.75) is 31.7 Å². The van der Waals surface area contributed by atoms with E-state index in [9.17, 15) is 12.8 Å². The molecule has 3 N–H and O–H groups in total. The molecule has 0 atom stereocenters. The second-order valence-electron chi connectivity index (χ2n) is 3.92. The number of nitrogens with one attached hydrogen (secondary N) is 1. The topological polar surface area (TPSA) is 72.2 Å². The maximum atomic E-state index is 13.5. The lowest BCUT2D eigenvalue weighted by atomic mass is 10.2. The van der Waals surface area contributed by atoms with Gasteiger partial charge in [0, 0.05) is 11.7 Å². The molecule has 0 saturated heterocycles. The molecule has 0 heterocycles. The van der Waals surface area contributed by atoms with Crippen molar-refractivity contribution in [3.05, 3.63) is 23.5 Å². The van der Waals surface area contributed by atoms with Crippen molar-refractivity contribution in [2.24, 2.45) is 0 Å². The largest absolute Gasteiger partial charge is 0.398 e. The van der Waals surface area contributed by atoms with Gasteiger partial charge in [0.05, 0.1) is 0 Å². The molecule has 0 radical (unpaired) electrons. The number of aryl methyl sites for hydroxylation is 1. The van der Waals surface area contributed by atoms with Gasteiger partial charge in [0.1, 0.15) is 10.7 Å². The van der Waals surface area contributed by atoms with Crippen molar-refractivity contribution in [3.63, 3.8) is 0 Å². The maximum absolute atomic E-state index is 13.5. The smallest absolute Gasteiger partial charge is 0.243 e. The zero-order valence-corrected chi connectivity index (χ0v) is 10.2. The number of hydrogen-bond donors (Lipinski definition) is 2. The van der Waals surface area contributed by atoms with Crippen LogP contribution < -0.4 is 10.5 Å². The lowest BCUT2D eigenvalue weighted by Crippen LogP contribution is -2.31. The number of halogens is 1. The van der Waals surface area contributed by atoms with Crippen molar-refractivity contribution < 1.29 is 12.8 Å². The second kappa shape index (κ2) is 4.39. The van der Waals surface area contributed by atoms with E-state index in [1.807, 2.05) is 0 Å². The fraction of sp³-hybridized carbons (Fsp3) is 0.400. The summed E-state index contributed by atoms with van der Waals surface area (Å²) < 4.78 is 39.2. The standard InChI is InChI=1S/C10H15FN2O2S/c1-6(2)13-16(14,15)10-5-9(12)7(3)4-8(10)11/h4-6,13H,12H2,1-3H3. The lowest BCUT2D eigenvalue weighted by molar-refractivity contribution is 0.549. The summed E-state index contributed by atoms with van der Waals surface area (Å²) in [5.74, 6) is -0.792. The highest BCUT2D eigenvalue weighted by Gasteiger charge is 2.20. The molecule has 4 nitrogen and oxygen atoms in total. The molecular weight excluding hydrogens is 231 g/mol. The first-order valence-corrected chi connectivity index (χ1v) is 6.30. The Bertz CT molecular complexity index is 498. The Balaban J connectivity index is 3.29. The first-order valence-electron chi connectivity index (χ1n) is 4.82. The number of sulfonamides is 1. The van der Waals surface area contributed by atoms with E-state index in [1.165, 1.54) is 0 Å². The van der Waals surface area contributed by atoms with Gasteiger partial charge >= 0.3 is 0 Å². The van der Waals surface area contributed by atoms with E-state index in [4.69, 9.17) is 5.73 Å². The van der Waals surface area contributed by atoms with E-state index >= 15 is 0 Å². The van der Waals surface area contributed by atoms with Gasteiger partial charge in [-0.15, -0.1) is 0 Å². The van der Waals surface area contributed by atoms with Crippen LogP contribution in [0.4, 0.5) is 10.1 Å². The minimum atomic E-state index is -3.83. The number of nitrogens with two attached hydrogens (primary N) is 1. The molecule has 0 amide bonds. The molecule has 90 valence electrons. The van der Waals surface area contributed by atoms with Crippen molar-refractivity contribution in [3.8, 4) is 0 Å². The third-order valence-corrected chi connectivity index (χ3v) is 3.67. The highest BCUT2D eigenvalue weighted by atomic mass is 32.2. The summed E-state index contributed by atoms with van der Waals surface area (Å²) in [5, 5.41) is 0. The SMILES string of the molecule is Cc1cc(F)c(S(=O)(=O)NC(C)C)cc1N. The molecule has 0 aliphatic rings. The predicted octanol–water partition coefficient (Wildman–Crippen LogP) is 1.40. The number of nitrogen functional groups attached to an aromatic ring is 1. The first-order chi connectivity index (χ1) is 7.24. The normalized spacial score (nSPS) is 12.1. The summed E-state index contributed by atoms with van der Waals surface area (Å²) in [4.78, 5) is -0.413. The van der Waals surface area contributed by atoms with Crippen LogP contribution in [0.1, 0.15) is 19.4 Å². The molecule has 0 fully saturated rings. The molecule has 0 aliphatic heterocycles. The lowest BCUT2D eigenvalue weighted by Gasteiger charge is -2.11. The van der Waals surface area contributed by atoms with Gasteiger partial charge in [-0.05, 0) is 38.5 Å². The van der Waals surface area contributed by atoms with Crippen LogP contribution in [0.25, 0.3) is 0 Å². The summed E-state index contributed by atoms with van der Waals surface area (Å²) in [6.07, 6.45) is 0. The van der Waals surface area contributed by atoms with E-state index < -0.39 is 20.7 Å². The molecule has 0 bridgehead atoms. The van der Waals surface area contributed by atoms with Crippen molar-refractivity contribution >= 4 is 15.7 Å². The van der Waals surface area contributed by atoms with E-state index in [0.29, 0.717) is 5.56 Å². The summed E-state index contributed by atoms with van der Waals surface area (Å²) in [6, 6.07) is 1.95. The van der Waals surface area contributed by atoms with E-state index in [0.717, 1.165) is 12.1 Å². The Kier molecular flexibility index (Phi) is 3.54. The Morgan fingerprint density at radius 2 is 1.94 bits per heavy atom. The van der Waals surface area contributed by atoms with Crippen LogP contribution in [0.2, 0.25) is 0 Å². The Morgan fingerprint density at radius 1 is 1.38 bits per heavy atom. The Labute approximate surface area is 94.7 Å². The quantitative estimate of drug-likeness (QED) is 0.792. The van der Waals surface area contributed by atoms with Crippen LogP contribution in [0.3, 0.4) is 0 Å². The number of anilines is 1. The third kappa shape index (κ3) is 2.70. The molecule has 1 aromatic carbocycles. The Hall–Kier alpha value is -1.14. The van der Waals surface area contributed by atoms with Crippen molar-refractivity contribution in [1.82, 2.24) is 4.72 Å². The van der Waals surface area contributed by atoms with Gasteiger partial charge in [0.15, 0.2) is 0 Å². The minimum Gasteiger partial charge on any atom is -0.398 e.